The molecule has 28 heavy (non-hydrogen) atoms. The summed E-state index contributed by atoms with van der Waals surface area (Å²) in [5, 5.41) is 0. The van der Waals surface area contributed by atoms with E-state index in [1.54, 1.807) is 0 Å². The van der Waals surface area contributed by atoms with Crippen molar-refractivity contribution in [2.75, 3.05) is 6.61 Å². The number of nitrogens with zero attached hydrogens (tertiary/aromatic N) is 2. The van der Waals surface area contributed by atoms with Crippen LogP contribution in [0.4, 0.5) is 0 Å². The van der Waals surface area contributed by atoms with Gasteiger partial charge in [-0.25, -0.2) is 4.98 Å². The Hall–Kier alpha value is -2.59. The molecular weight excluding hydrogens is 412 g/mol. The molecule has 0 saturated carbocycles. The third kappa shape index (κ3) is 3.83. The second-order valence-electron chi connectivity index (χ2n) is 6.98. The van der Waals surface area contributed by atoms with Gasteiger partial charge in [0.2, 0.25) is 0 Å². The number of ether oxygens (including phenoxy) is 1. The van der Waals surface area contributed by atoms with Gasteiger partial charge in [-0.3, -0.25) is 0 Å². The minimum absolute atomic E-state index is 0.677. The van der Waals surface area contributed by atoms with E-state index in [-0.39, 0.29) is 0 Å². The summed E-state index contributed by atoms with van der Waals surface area (Å²) in [4.78, 5) is 4.88. The van der Waals surface area contributed by atoms with E-state index in [0.29, 0.717) is 6.61 Å². The zero-order chi connectivity index (χ0) is 19.5. The Balaban J connectivity index is 1.55. The summed E-state index contributed by atoms with van der Waals surface area (Å²) in [5.74, 6) is 1.98. The van der Waals surface area contributed by atoms with Gasteiger partial charge in [0.25, 0.3) is 0 Å². The number of benzene rings is 3. The molecule has 0 radical (unpaired) electrons. The average molecular weight is 435 g/mol. The molecule has 0 aliphatic rings. The highest BCUT2D eigenvalue weighted by Gasteiger charge is 2.12. The maximum atomic E-state index is 6.05. The number of para-hydroxylation sites is 2. The second-order valence-corrected chi connectivity index (χ2v) is 7.90. The van der Waals surface area contributed by atoms with Crippen LogP contribution in [-0.4, -0.2) is 16.2 Å². The molecule has 0 fully saturated rings. The van der Waals surface area contributed by atoms with Gasteiger partial charge in [-0.2, -0.15) is 0 Å². The van der Waals surface area contributed by atoms with Crippen molar-refractivity contribution in [1.82, 2.24) is 9.55 Å². The normalized spacial score (nSPS) is 11.1. The lowest BCUT2D eigenvalue weighted by Crippen LogP contribution is -2.06. The molecular formula is C24H23BrN2O. The van der Waals surface area contributed by atoms with E-state index in [1.807, 2.05) is 18.2 Å². The van der Waals surface area contributed by atoms with Crippen molar-refractivity contribution >= 4 is 27.0 Å². The molecule has 4 heteroatoms. The Bertz CT molecular complexity index is 1100. The smallest absolute Gasteiger partial charge is 0.141 e. The lowest BCUT2D eigenvalue weighted by atomic mass is 10.1. The molecule has 3 nitrogen and oxygen atoms in total. The molecule has 1 aromatic heterocycles. The highest BCUT2D eigenvalue weighted by Crippen LogP contribution is 2.27. The lowest BCUT2D eigenvalue weighted by Gasteiger charge is -2.13. The predicted octanol–water partition coefficient (Wildman–Crippen LogP) is 6.55. The van der Waals surface area contributed by atoms with E-state index in [0.717, 1.165) is 45.6 Å². The first-order valence-electron chi connectivity index (χ1n) is 9.54. The molecule has 0 amide bonds. The molecule has 0 atom stereocenters. The van der Waals surface area contributed by atoms with Gasteiger partial charge in [0.1, 0.15) is 11.6 Å². The van der Waals surface area contributed by atoms with Gasteiger partial charge in [-0.15, -0.1) is 0 Å². The molecule has 1 heterocycles. The molecule has 3 aromatic carbocycles. The number of imidazole rings is 1. The number of hydrogen-bond acceptors (Lipinski definition) is 2. The fourth-order valence-electron chi connectivity index (χ4n) is 3.41. The standard InChI is InChI=1S/C24H23BrN2O/c1-17-7-5-10-23(18(17)2)28-16-6-15-27-22-9-4-3-8-21(22)26-24(27)19-11-13-20(25)14-12-19/h3-5,7-14H,6,15-16H2,1-2H3. The van der Waals surface area contributed by atoms with Crippen LogP contribution in [0.2, 0.25) is 0 Å². The van der Waals surface area contributed by atoms with Crippen LogP contribution in [0.1, 0.15) is 17.5 Å². The van der Waals surface area contributed by atoms with Crippen LogP contribution in [-0.2, 0) is 6.54 Å². The SMILES string of the molecule is Cc1cccc(OCCCn2c(-c3ccc(Br)cc3)nc3ccccc32)c1C. The largest absolute Gasteiger partial charge is 0.493 e. The predicted molar refractivity (Wildman–Crippen MR) is 119 cm³/mol. The van der Waals surface area contributed by atoms with Crippen LogP contribution in [0.3, 0.4) is 0 Å². The molecule has 0 spiro atoms. The Labute approximate surface area is 174 Å². The van der Waals surface area contributed by atoms with Crippen LogP contribution in [0.5, 0.6) is 5.75 Å². The summed E-state index contributed by atoms with van der Waals surface area (Å²) in [5.41, 5.74) is 5.78. The average Bonchev–Trinajstić information content (AvgIpc) is 3.07. The Kier molecular flexibility index (Phi) is 5.49. The highest BCUT2D eigenvalue weighted by molar-refractivity contribution is 9.10. The van der Waals surface area contributed by atoms with E-state index >= 15 is 0 Å². The monoisotopic (exact) mass is 434 g/mol. The number of hydrogen-bond donors (Lipinski definition) is 0. The van der Waals surface area contributed by atoms with Gasteiger partial charge >= 0.3 is 0 Å². The molecule has 0 unspecified atom stereocenters. The Morgan fingerprint density at radius 2 is 1.71 bits per heavy atom. The first kappa shape index (κ1) is 18.8. The van der Waals surface area contributed by atoms with Crippen molar-refractivity contribution in [2.45, 2.75) is 26.8 Å². The van der Waals surface area contributed by atoms with E-state index < -0.39 is 0 Å². The molecule has 142 valence electrons. The van der Waals surface area contributed by atoms with Crippen molar-refractivity contribution in [1.29, 1.82) is 0 Å². The topological polar surface area (TPSA) is 27.1 Å². The van der Waals surface area contributed by atoms with Crippen LogP contribution in [0.25, 0.3) is 22.4 Å². The van der Waals surface area contributed by atoms with Gasteiger partial charge in [-0.05, 0) is 61.7 Å². The first-order valence-corrected chi connectivity index (χ1v) is 10.3. The summed E-state index contributed by atoms with van der Waals surface area (Å²) in [7, 11) is 0. The second kappa shape index (κ2) is 8.19. The summed E-state index contributed by atoms with van der Waals surface area (Å²) in [6.07, 6.45) is 0.914. The zero-order valence-corrected chi connectivity index (χ0v) is 17.7. The van der Waals surface area contributed by atoms with Crippen molar-refractivity contribution in [3.63, 3.8) is 0 Å². The van der Waals surface area contributed by atoms with Crippen LogP contribution >= 0.6 is 15.9 Å². The fourth-order valence-corrected chi connectivity index (χ4v) is 3.67. The zero-order valence-electron chi connectivity index (χ0n) is 16.2. The lowest BCUT2D eigenvalue weighted by molar-refractivity contribution is 0.301. The molecule has 4 aromatic rings. The molecule has 0 aliphatic carbocycles. The molecule has 0 aliphatic heterocycles. The van der Waals surface area contributed by atoms with E-state index in [4.69, 9.17) is 9.72 Å². The van der Waals surface area contributed by atoms with Crippen LogP contribution < -0.4 is 4.74 Å². The van der Waals surface area contributed by atoms with Crippen molar-refractivity contribution in [3.8, 4) is 17.1 Å². The van der Waals surface area contributed by atoms with Gasteiger partial charge in [0.15, 0.2) is 0 Å². The highest BCUT2D eigenvalue weighted by atomic mass is 79.9. The van der Waals surface area contributed by atoms with E-state index in [2.05, 4.69) is 82.9 Å². The van der Waals surface area contributed by atoms with Crippen LogP contribution in [0.15, 0.2) is 71.2 Å². The maximum absolute atomic E-state index is 6.05. The molecule has 0 bridgehead atoms. The van der Waals surface area contributed by atoms with E-state index in [1.165, 1.54) is 11.1 Å². The third-order valence-corrected chi connectivity index (χ3v) is 5.62. The van der Waals surface area contributed by atoms with Gasteiger partial charge < -0.3 is 9.30 Å². The number of halogens is 1. The van der Waals surface area contributed by atoms with Crippen LogP contribution in [0, 0.1) is 13.8 Å². The number of rotatable bonds is 6. The number of fused-ring (bicyclic) bond motifs is 1. The number of aromatic nitrogens is 2. The molecule has 0 saturated heterocycles. The summed E-state index contributed by atoms with van der Waals surface area (Å²) in [6, 6.07) is 22.8. The summed E-state index contributed by atoms with van der Waals surface area (Å²) >= 11 is 3.51. The van der Waals surface area contributed by atoms with Crippen molar-refractivity contribution in [3.05, 3.63) is 82.3 Å². The molecule has 4 rings (SSSR count). The van der Waals surface area contributed by atoms with Gasteiger partial charge in [0.05, 0.1) is 17.6 Å². The minimum atomic E-state index is 0.677. The Morgan fingerprint density at radius 1 is 0.929 bits per heavy atom. The Morgan fingerprint density at radius 3 is 2.54 bits per heavy atom. The van der Waals surface area contributed by atoms with Gasteiger partial charge in [0, 0.05) is 16.6 Å². The first-order chi connectivity index (χ1) is 13.6. The van der Waals surface area contributed by atoms with Gasteiger partial charge in [-0.1, -0.05) is 52.3 Å². The molecule has 0 N–H and O–H groups in total. The minimum Gasteiger partial charge on any atom is -0.493 e. The van der Waals surface area contributed by atoms with Crippen molar-refractivity contribution < 1.29 is 4.74 Å². The van der Waals surface area contributed by atoms with Crippen molar-refractivity contribution in [2.24, 2.45) is 0 Å². The quantitative estimate of drug-likeness (QED) is 0.321. The fraction of sp³-hybridized carbons (Fsp3) is 0.208. The summed E-state index contributed by atoms with van der Waals surface area (Å²) < 4.78 is 9.42. The summed E-state index contributed by atoms with van der Waals surface area (Å²) in [6.45, 7) is 5.76. The third-order valence-electron chi connectivity index (χ3n) is 5.10. The number of aryl methyl sites for hydroxylation is 2. The maximum Gasteiger partial charge on any atom is 0.141 e. The van der Waals surface area contributed by atoms with E-state index in [9.17, 15) is 0 Å².